The highest BCUT2D eigenvalue weighted by Crippen LogP contribution is 2.68. The maximum atomic E-state index is 11.8. The minimum atomic E-state index is -4.45. The first-order valence-electron chi connectivity index (χ1n) is 17.8. The minimum absolute atomic E-state index is 0.0155. The van der Waals surface area contributed by atoms with Crippen LogP contribution >= 0.6 is 0 Å². The van der Waals surface area contributed by atoms with Crippen LogP contribution in [0.1, 0.15) is 118 Å². The number of hydrogen-bond donors (Lipinski definition) is 5. The summed E-state index contributed by atoms with van der Waals surface area (Å²) in [6.07, 6.45) is 13.8. The first kappa shape index (κ1) is 35.6. The van der Waals surface area contributed by atoms with Gasteiger partial charge in [-0.3, -0.25) is 4.55 Å². The predicted molar refractivity (Wildman–Crippen MR) is 174 cm³/mol. The van der Waals surface area contributed by atoms with Gasteiger partial charge < -0.3 is 21.5 Å². The Hall–Kier alpha value is -0.290. The van der Waals surface area contributed by atoms with Gasteiger partial charge in [-0.15, -0.1) is 0 Å². The van der Waals surface area contributed by atoms with Crippen molar-refractivity contribution in [3.05, 3.63) is 0 Å². The summed E-state index contributed by atoms with van der Waals surface area (Å²) >= 11 is 0. The van der Waals surface area contributed by atoms with E-state index >= 15 is 0 Å². The molecule has 9 heteroatoms. The van der Waals surface area contributed by atoms with Gasteiger partial charge in [-0.1, -0.05) is 34.6 Å². The average Bonchev–Trinajstić information content (AvgIpc) is 3.29. The molecule has 0 bridgehead atoms. The Labute approximate surface area is 263 Å². The van der Waals surface area contributed by atoms with Gasteiger partial charge in [0.05, 0.1) is 12.2 Å². The molecule has 8 nitrogen and oxygen atoms in total. The van der Waals surface area contributed by atoms with E-state index in [1.54, 1.807) is 0 Å². The van der Waals surface area contributed by atoms with Gasteiger partial charge in [0, 0.05) is 6.04 Å². The lowest BCUT2D eigenvalue weighted by atomic mass is 9.43. The Kier molecular flexibility index (Phi) is 12.5. The molecule has 4 aliphatic carbocycles. The molecule has 252 valence electrons. The third kappa shape index (κ3) is 8.36. The molecule has 4 aliphatic rings. The number of nitrogens with two attached hydrogens (primary N) is 1. The number of aliphatic hydroxyl groups excluding tert-OH is 1. The second kappa shape index (κ2) is 15.1. The Morgan fingerprint density at radius 3 is 2.28 bits per heavy atom. The quantitative estimate of drug-likeness (QED) is 0.111. The lowest BCUT2D eigenvalue weighted by molar-refractivity contribution is -0.167. The molecule has 0 spiro atoms. The number of unbranched alkanes of at least 4 members (excludes halogenated alkanes) is 1. The van der Waals surface area contributed by atoms with Crippen molar-refractivity contribution in [3.8, 4) is 0 Å². The van der Waals surface area contributed by atoms with Crippen molar-refractivity contribution in [2.24, 2.45) is 58.0 Å². The van der Waals surface area contributed by atoms with Gasteiger partial charge in [0.25, 0.3) is 0 Å². The fraction of sp³-hybridized carbons (Fsp3) is 1.00. The van der Waals surface area contributed by atoms with E-state index < -0.39 is 16.5 Å². The molecule has 0 aliphatic heterocycles. The summed E-state index contributed by atoms with van der Waals surface area (Å²) in [4.78, 5) is 0. The van der Waals surface area contributed by atoms with E-state index in [0.717, 1.165) is 45.4 Å². The zero-order valence-corrected chi connectivity index (χ0v) is 28.7. The van der Waals surface area contributed by atoms with E-state index in [1.165, 1.54) is 57.8 Å². The summed E-state index contributed by atoms with van der Waals surface area (Å²) in [5, 5.41) is 19.1. The normalized spacial score (nSPS) is 39.2. The first-order chi connectivity index (χ1) is 20.3. The van der Waals surface area contributed by atoms with Crippen LogP contribution in [0.5, 0.6) is 0 Å². The van der Waals surface area contributed by atoms with Crippen LogP contribution in [-0.4, -0.2) is 62.5 Å². The topological polar surface area (TPSA) is 134 Å². The van der Waals surface area contributed by atoms with Gasteiger partial charge in [-0.25, -0.2) is 4.18 Å². The SMILES string of the molecule is CC(C)C(CCC(C)C1CC[C@H]2C3C(CC[C@]12C)[C@@]1(C)CC[C@H](NCCCCNCCCN)C[C@@H]1C[C@H]3O)OS(=O)(=O)O. The van der Waals surface area contributed by atoms with Crippen LogP contribution in [-0.2, 0) is 14.6 Å². The van der Waals surface area contributed by atoms with Crippen molar-refractivity contribution >= 4 is 10.4 Å². The van der Waals surface area contributed by atoms with Crippen LogP contribution in [0, 0.1) is 52.3 Å². The van der Waals surface area contributed by atoms with Crippen LogP contribution in [0.3, 0.4) is 0 Å². The molecule has 0 saturated heterocycles. The summed E-state index contributed by atoms with van der Waals surface area (Å²) in [6.45, 7) is 15.2. The Balaban J connectivity index is 1.32. The van der Waals surface area contributed by atoms with Crippen LogP contribution in [0.25, 0.3) is 0 Å². The molecular weight excluding hydrogens is 562 g/mol. The zero-order valence-electron chi connectivity index (χ0n) is 27.9. The second-order valence-corrected chi connectivity index (χ2v) is 17.0. The predicted octanol–water partition coefficient (Wildman–Crippen LogP) is 5.55. The van der Waals surface area contributed by atoms with Crippen LogP contribution in [0.15, 0.2) is 0 Å². The molecule has 4 rings (SSSR count). The zero-order chi connectivity index (χ0) is 31.4. The molecular formula is C34H65N3O5S. The van der Waals surface area contributed by atoms with E-state index in [9.17, 15) is 18.1 Å². The van der Waals surface area contributed by atoms with Crippen molar-refractivity contribution < 1.29 is 22.3 Å². The maximum Gasteiger partial charge on any atom is 0.397 e. The Morgan fingerprint density at radius 2 is 1.58 bits per heavy atom. The highest BCUT2D eigenvalue weighted by molar-refractivity contribution is 7.80. The summed E-state index contributed by atoms with van der Waals surface area (Å²) in [5.41, 5.74) is 6.12. The van der Waals surface area contributed by atoms with Crippen molar-refractivity contribution in [1.29, 1.82) is 0 Å². The van der Waals surface area contributed by atoms with Crippen molar-refractivity contribution in [1.82, 2.24) is 10.6 Å². The molecule has 4 fully saturated rings. The molecule has 0 amide bonds. The molecule has 6 N–H and O–H groups in total. The van der Waals surface area contributed by atoms with Crippen molar-refractivity contribution in [2.45, 2.75) is 136 Å². The van der Waals surface area contributed by atoms with Crippen molar-refractivity contribution in [3.63, 3.8) is 0 Å². The van der Waals surface area contributed by atoms with Gasteiger partial charge in [-0.05, 0) is 162 Å². The largest absolute Gasteiger partial charge is 0.397 e. The van der Waals surface area contributed by atoms with E-state index in [2.05, 4.69) is 31.4 Å². The van der Waals surface area contributed by atoms with Crippen LogP contribution < -0.4 is 16.4 Å². The summed E-state index contributed by atoms with van der Waals surface area (Å²) in [5.74, 6) is 3.22. The molecule has 0 radical (unpaired) electrons. The Bertz CT molecular complexity index is 981. The standard InChI is InChI=1S/C34H65N3O5S/c1-23(2)31(42-43(39,40)41)12-9-24(3)27-10-11-28-32-29(14-16-34(27,28)5)33(4)15-13-26(21-25(33)22-30(32)38)37-20-7-6-18-36-19-8-17-35/h23-32,36-38H,6-22,35H2,1-5H3,(H,39,40,41)/t24?,25-,26+,27?,28+,29?,30-,31?,32?,33+,34-/m1/s1. The number of hydrogen-bond acceptors (Lipinski definition) is 7. The van der Waals surface area contributed by atoms with Crippen LogP contribution in [0.4, 0.5) is 0 Å². The van der Waals surface area contributed by atoms with Gasteiger partial charge in [0.1, 0.15) is 0 Å². The van der Waals surface area contributed by atoms with Gasteiger partial charge in [0.2, 0.25) is 0 Å². The van der Waals surface area contributed by atoms with Crippen LogP contribution in [0.2, 0.25) is 0 Å². The third-order valence-corrected chi connectivity index (χ3v) is 13.6. The summed E-state index contributed by atoms with van der Waals surface area (Å²) in [7, 11) is -4.45. The lowest BCUT2D eigenvalue weighted by Crippen LogP contribution is -2.59. The molecule has 4 saturated carbocycles. The average molecular weight is 628 g/mol. The third-order valence-electron chi connectivity index (χ3n) is 13.1. The van der Waals surface area contributed by atoms with E-state index in [4.69, 9.17) is 9.92 Å². The fourth-order valence-corrected chi connectivity index (χ4v) is 11.3. The number of aliphatic hydroxyl groups is 1. The summed E-state index contributed by atoms with van der Waals surface area (Å²) in [6, 6.07) is 0.581. The highest BCUT2D eigenvalue weighted by Gasteiger charge is 2.62. The minimum Gasteiger partial charge on any atom is -0.393 e. The smallest absolute Gasteiger partial charge is 0.393 e. The molecule has 0 aromatic rings. The highest BCUT2D eigenvalue weighted by atomic mass is 32.3. The molecule has 0 aromatic carbocycles. The number of nitrogens with one attached hydrogen (secondary N) is 2. The summed E-state index contributed by atoms with van der Waals surface area (Å²) < 4.78 is 37.1. The van der Waals surface area contributed by atoms with Gasteiger partial charge in [-0.2, -0.15) is 8.42 Å². The van der Waals surface area contributed by atoms with Crippen molar-refractivity contribution in [2.75, 3.05) is 26.2 Å². The van der Waals surface area contributed by atoms with Gasteiger partial charge in [0.15, 0.2) is 0 Å². The second-order valence-electron chi connectivity index (χ2n) is 15.9. The number of fused-ring (bicyclic) bond motifs is 5. The lowest BCUT2D eigenvalue weighted by Gasteiger charge is -2.62. The first-order valence-corrected chi connectivity index (χ1v) is 19.1. The molecule has 5 unspecified atom stereocenters. The fourth-order valence-electron chi connectivity index (χ4n) is 10.7. The van der Waals surface area contributed by atoms with E-state index in [-0.39, 0.29) is 17.4 Å². The van der Waals surface area contributed by atoms with E-state index in [0.29, 0.717) is 53.4 Å². The molecule has 0 heterocycles. The van der Waals surface area contributed by atoms with Gasteiger partial charge >= 0.3 is 10.4 Å². The van der Waals surface area contributed by atoms with E-state index in [1.807, 2.05) is 13.8 Å². The Morgan fingerprint density at radius 1 is 0.907 bits per heavy atom. The monoisotopic (exact) mass is 627 g/mol. The number of rotatable bonds is 16. The molecule has 11 atom stereocenters. The molecule has 0 aromatic heterocycles. The molecule has 43 heavy (non-hydrogen) atoms. The maximum absolute atomic E-state index is 11.8.